The van der Waals surface area contributed by atoms with Gasteiger partial charge in [0.1, 0.15) is 5.56 Å². The van der Waals surface area contributed by atoms with E-state index in [1.807, 2.05) is 11.6 Å². The molecule has 3 aromatic rings. The monoisotopic (exact) mass is 395 g/mol. The fourth-order valence-electron chi connectivity index (χ4n) is 3.44. The lowest BCUT2D eigenvalue weighted by atomic mass is 10.1. The molecular formula is C21H25N5O3. The number of carbonyl (C=O) groups is 2. The Morgan fingerprint density at radius 3 is 2.38 bits per heavy atom. The highest BCUT2D eigenvalue weighted by atomic mass is 16.4. The van der Waals surface area contributed by atoms with Crippen molar-refractivity contribution in [2.24, 2.45) is 0 Å². The number of amides is 1. The third-order valence-electron chi connectivity index (χ3n) is 5.17. The molecule has 0 aliphatic carbocycles. The number of rotatable bonds is 7. The quantitative estimate of drug-likeness (QED) is 0.630. The highest BCUT2D eigenvalue weighted by Crippen LogP contribution is 2.22. The maximum absolute atomic E-state index is 12.8. The molecular weight excluding hydrogens is 370 g/mol. The van der Waals surface area contributed by atoms with E-state index in [4.69, 9.17) is 0 Å². The molecule has 29 heavy (non-hydrogen) atoms. The van der Waals surface area contributed by atoms with Gasteiger partial charge in [0, 0.05) is 11.4 Å². The van der Waals surface area contributed by atoms with Gasteiger partial charge in [-0.25, -0.2) is 9.48 Å². The third kappa shape index (κ3) is 3.91. The van der Waals surface area contributed by atoms with Crippen molar-refractivity contribution in [2.45, 2.75) is 46.6 Å². The van der Waals surface area contributed by atoms with Gasteiger partial charge < -0.3 is 10.4 Å². The number of hydrogen-bond acceptors (Lipinski definition) is 4. The Kier molecular flexibility index (Phi) is 5.81. The fraction of sp³-hybridized carbons (Fsp3) is 0.333. The van der Waals surface area contributed by atoms with Crippen LogP contribution in [0.4, 0.5) is 5.69 Å². The number of nitrogens with zero attached hydrogens (tertiary/aromatic N) is 4. The molecule has 2 aromatic heterocycles. The number of hydrogen-bond donors (Lipinski definition) is 2. The van der Waals surface area contributed by atoms with Gasteiger partial charge in [-0.1, -0.05) is 19.9 Å². The van der Waals surface area contributed by atoms with Crippen LogP contribution in [0, 0.1) is 13.8 Å². The maximum Gasteiger partial charge on any atom is 0.339 e. The summed E-state index contributed by atoms with van der Waals surface area (Å²) in [6, 6.07) is 7.39. The highest BCUT2D eigenvalue weighted by molar-refractivity contribution is 6.05. The Morgan fingerprint density at radius 1 is 1.07 bits per heavy atom. The van der Waals surface area contributed by atoms with Crippen molar-refractivity contribution in [3.8, 4) is 5.69 Å². The zero-order valence-electron chi connectivity index (χ0n) is 17.0. The molecule has 0 radical (unpaired) electrons. The SMILES string of the molecule is CCC(CC)n1ncc(C(=O)Nc2cccc(-n3ncc(C(=O)O)c3C)c2)c1C. The van der Waals surface area contributed by atoms with E-state index >= 15 is 0 Å². The number of carboxylic acid groups (broad SMARTS) is 1. The molecule has 2 heterocycles. The first-order chi connectivity index (χ1) is 13.9. The standard InChI is InChI=1S/C21H25N5O3/c1-5-16(6-2)25-13(3)18(11-22-25)20(27)24-15-8-7-9-17(10-15)26-14(4)19(12-23-26)21(28)29/h7-12,16H,5-6H2,1-4H3,(H,24,27)(H,28,29). The van der Waals surface area contributed by atoms with Gasteiger partial charge in [-0.3, -0.25) is 9.48 Å². The Morgan fingerprint density at radius 2 is 1.76 bits per heavy atom. The first-order valence-electron chi connectivity index (χ1n) is 9.61. The summed E-state index contributed by atoms with van der Waals surface area (Å²) in [6.07, 6.45) is 4.82. The van der Waals surface area contributed by atoms with Crippen LogP contribution in [0.15, 0.2) is 36.7 Å². The Balaban J connectivity index is 1.84. The molecule has 0 saturated heterocycles. The summed E-state index contributed by atoms with van der Waals surface area (Å²) in [4.78, 5) is 24.0. The summed E-state index contributed by atoms with van der Waals surface area (Å²) in [6.45, 7) is 7.80. The second kappa shape index (κ2) is 8.30. The topological polar surface area (TPSA) is 102 Å². The van der Waals surface area contributed by atoms with Crippen molar-refractivity contribution in [1.29, 1.82) is 0 Å². The number of carboxylic acids is 1. The van der Waals surface area contributed by atoms with Crippen molar-refractivity contribution < 1.29 is 14.7 Å². The Hall–Kier alpha value is -3.42. The van der Waals surface area contributed by atoms with Crippen molar-refractivity contribution in [1.82, 2.24) is 19.6 Å². The zero-order valence-corrected chi connectivity index (χ0v) is 17.0. The predicted octanol–water partition coefficient (Wildman–Crippen LogP) is 4.00. The van der Waals surface area contributed by atoms with Crippen LogP contribution >= 0.6 is 0 Å². The van der Waals surface area contributed by atoms with E-state index in [9.17, 15) is 14.7 Å². The molecule has 1 amide bonds. The molecule has 0 unspecified atom stereocenters. The normalized spacial score (nSPS) is 11.1. The molecule has 8 nitrogen and oxygen atoms in total. The number of benzene rings is 1. The van der Waals surface area contributed by atoms with E-state index in [-0.39, 0.29) is 17.5 Å². The van der Waals surface area contributed by atoms with Gasteiger partial charge in [-0.15, -0.1) is 0 Å². The second-order valence-corrected chi connectivity index (χ2v) is 6.92. The second-order valence-electron chi connectivity index (χ2n) is 6.92. The zero-order chi connectivity index (χ0) is 21.1. The van der Waals surface area contributed by atoms with Crippen LogP contribution in [0.3, 0.4) is 0 Å². The lowest BCUT2D eigenvalue weighted by Gasteiger charge is -2.15. The number of carbonyl (C=O) groups excluding carboxylic acids is 1. The molecule has 1 aromatic carbocycles. The molecule has 0 atom stereocenters. The van der Waals surface area contributed by atoms with Crippen molar-refractivity contribution >= 4 is 17.6 Å². The van der Waals surface area contributed by atoms with Crippen LogP contribution in [0.5, 0.6) is 0 Å². The molecule has 3 rings (SSSR count). The van der Waals surface area contributed by atoms with E-state index in [1.54, 1.807) is 37.4 Å². The van der Waals surface area contributed by atoms with Gasteiger partial charge in [0.25, 0.3) is 5.91 Å². The van der Waals surface area contributed by atoms with E-state index in [0.29, 0.717) is 22.6 Å². The van der Waals surface area contributed by atoms with E-state index in [1.165, 1.54) is 10.9 Å². The molecule has 0 saturated carbocycles. The lowest BCUT2D eigenvalue weighted by Crippen LogP contribution is -2.15. The minimum atomic E-state index is -1.02. The van der Waals surface area contributed by atoms with Gasteiger partial charge in [-0.05, 0) is 44.9 Å². The number of aromatic carboxylic acids is 1. The Labute approximate surface area is 169 Å². The number of anilines is 1. The van der Waals surface area contributed by atoms with Crippen LogP contribution in [0.2, 0.25) is 0 Å². The summed E-state index contributed by atoms with van der Waals surface area (Å²) in [5.41, 5.74) is 3.28. The van der Waals surface area contributed by atoms with Crippen LogP contribution in [0.1, 0.15) is 64.8 Å². The predicted molar refractivity (Wildman–Crippen MR) is 110 cm³/mol. The summed E-state index contributed by atoms with van der Waals surface area (Å²) in [7, 11) is 0. The van der Waals surface area contributed by atoms with Gasteiger partial charge in [0.05, 0.1) is 35.4 Å². The Bertz CT molecular complexity index is 1050. The molecule has 0 bridgehead atoms. The smallest absolute Gasteiger partial charge is 0.339 e. The molecule has 8 heteroatoms. The highest BCUT2D eigenvalue weighted by Gasteiger charge is 2.19. The third-order valence-corrected chi connectivity index (χ3v) is 5.17. The van der Waals surface area contributed by atoms with E-state index < -0.39 is 5.97 Å². The van der Waals surface area contributed by atoms with Gasteiger partial charge in [0.15, 0.2) is 0 Å². The van der Waals surface area contributed by atoms with Crippen molar-refractivity contribution in [3.05, 3.63) is 59.2 Å². The van der Waals surface area contributed by atoms with Gasteiger partial charge in [0.2, 0.25) is 0 Å². The van der Waals surface area contributed by atoms with Crippen LogP contribution in [0.25, 0.3) is 5.69 Å². The fourth-order valence-corrected chi connectivity index (χ4v) is 3.44. The molecule has 0 fully saturated rings. The summed E-state index contributed by atoms with van der Waals surface area (Å²) in [5.74, 6) is -1.26. The average molecular weight is 395 g/mol. The minimum Gasteiger partial charge on any atom is -0.478 e. The molecule has 0 spiro atoms. The molecule has 2 N–H and O–H groups in total. The average Bonchev–Trinajstić information content (AvgIpc) is 3.26. The van der Waals surface area contributed by atoms with Gasteiger partial charge in [-0.2, -0.15) is 10.2 Å². The van der Waals surface area contributed by atoms with Crippen LogP contribution < -0.4 is 5.32 Å². The molecule has 0 aliphatic heterocycles. The first-order valence-corrected chi connectivity index (χ1v) is 9.61. The molecule has 152 valence electrons. The van der Waals surface area contributed by atoms with Crippen molar-refractivity contribution in [3.63, 3.8) is 0 Å². The van der Waals surface area contributed by atoms with Crippen LogP contribution in [-0.2, 0) is 0 Å². The summed E-state index contributed by atoms with van der Waals surface area (Å²) < 4.78 is 3.45. The molecule has 0 aliphatic rings. The van der Waals surface area contributed by atoms with Gasteiger partial charge >= 0.3 is 5.97 Å². The van der Waals surface area contributed by atoms with Crippen molar-refractivity contribution in [2.75, 3.05) is 5.32 Å². The van der Waals surface area contributed by atoms with E-state index in [2.05, 4.69) is 29.4 Å². The van der Waals surface area contributed by atoms with Crippen LogP contribution in [-0.4, -0.2) is 36.5 Å². The minimum absolute atomic E-state index is 0.142. The number of nitrogens with one attached hydrogen (secondary N) is 1. The lowest BCUT2D eigenvalue weighted by molar-refractivity contribution is 0.0696. The van der Waals surface area contributed by atoms with E-state index in [0.717, 1.165) is 18.5 Å². The maximum atomic E-state index is 12.8. The summed E-state index contributed by atoms with van der Waals surface area (Å²) in [5, 5.41) is 20.7. The first kappa shape index (κ1) is 20.3. The number of aromatic nitrogens is 4. The largest absolute Gasteiger partial charge is 0.478 e. The summed E-state index contributed by atoms with van der Waals surface area (Å²) >= 11 is 0.